The summed E-state index contributed by atoms with van der Waals surface area (Å²) in [6, 6.07) is 5.44. The number of H-pyrrole nitrogens is 1. The number of benzene rings is 1. The number of carbonyl (C=O) groups excluding carboxylic acids is 1. The van der Waals surface area contributed by atoms with Crippen molar-refractivity contribution in [3.63, 3.8) is 0 Å². The predicted molar refractivity (Wildman–Crippen MR) is 91.6 cm³/mol. The summed E-state index contributed by atoms with van der Waals surface area (Å²) in [6.07, 6.45) is 1.15. The van der Waals surface area contributed by atoms with Gasteiger partial charge in [-0.15, -0.1) is 0 Å². The van der Waals surface area contributed by atoms with E-state index in [0.717, 1.165) is 0 Å². The molecule has 3 rings (SSSR count). The third-order valence-electron chi connectivity index (χ3n) is 4.82. The quantitative estimate of drug-likeness (QED) is 0.712. The second kappa shape index (κ2) is 7.28. The first-order valence-corrected chi connectivity index (χ1v) is 8.32. The van der Waals surface area contributed by atoms with Gasteiger partial charge in [0.2, 0.25) is 0 Å². The van der Waals surface area contributed by atoms with Crippen LogP contribution >= 0.6 is 0 Å². The molecule has 142 valence electrons. The lowest BCUT2D eigenvalue weighted by Crippen LogP contribution is -2.58. The van der Waals surface area contributed by atoms with E-state index in [9.17, 15) is 29.0 Å². The molecule has 8 nitrogen and oxygen atoms in total. The van der Waals surface area contributed by atoms with Crippen LogP contribution in [-0.2, 0) is 11.2 Å². The van der Waals surface area contributed by atoms with Crippen LogP contribution in [0.3, 0.4) is 0 Å². The highest BCUT2D eigenvalue weighted by Gasteiger charge is 2.50. The highest BCUT2D eigenvalue weighted by Crippen LogP contribution is 2.35. The Bertz CT molecular complexity index is 931. The molecule has 1 aliphatic rings. The zero-order valence-electron chi connectivity index (χ0n) is 14.3. The summed E-state index contributed by atoms with van der Waals surface area (Å²) >= 11 is 0. The molecule has 0 unspecified atom stereocenters. The van der Waals surface area contributed by atoms with Gasteiger partial charge in [-0.2, -0.15) is 0 Å². The first kappa shape index (κ1) is 18.7. The molecular weight excluding hydrogens is 357 g/mol. The number of nitrogens with one attached hydrogen (secondary N) is 1. The molecule has 1 fully saturated rings. The summed E-state index contributed by atoms with van der Waals surface area (Å²) in [7, 11) is 0. The van der Waals surface area contributed by atoms with Crippen LogP contribution in [0, 0.1) is 11.2 Å². The number of amides is 1. The maximum atomic E-state index is 13.5. The topological polar surface area (TPSA) is 124 Å². The molecule has 0 saturated carbocycles. The number of likely N-dealkylation sites (tertiary alicyclic amines) is 1. The number of carboxylic acid groups (broad SMARTS) is 1. The van der Waals surface area contributed by atoms with Crippen molar-refractivity contribution >= 4 is 11.9 Å². The normalized spacial score (nSPS) is 22.4. The maximum absolute atomic E-state index is 13.5. The van der Waals surface area contributed by atoms with Gasteiger partial charge < -0.3 is 20.1 Å². The number of aliphatic carboxylic acids is 1. The fourth-order valence-corrected chi connectivity index (χ4v) is 3.38. The van der Waals surface area contributed by atoms with Gasteiger partial charge in [0.1, 0.15) is 11.2 Å². The van der Waals surface area contributed by atoms with E-state index in [-0.39, 0.29) is 31.6 Å². The Morgan fingerprint density at radius 1 is 1.41 bits per heavy atom. The Labute approximate surface area is 153 Å². The van der Waals surface area contributed by atoms with Gasteiger partial charge in [0, 0.05) is 25.5 Å². The Hall–Kier alpha value is -3.07. The number of piperidine rings is 1. The average Bonchev–Trinajstić information content (AvgIpc) is 2.63. The maximum Gasteiger partial charge on any atom is 0.314 e. The smallest absolute Gasteiger partial charge is 0.314 e. The highest BCUT2D eigenvalue weighted by molar-refractivity contribution is 5.92. The number of aromatic nitrogens is 2. The Morgan fingerprint density at radius 3 is 2.85 bits per heavy atom. The van der Waals surface area contributed by atoms with Gasteiger partial charge in [-0.3, -0.25) is 14.4 Å². The molecule has 0 radical (unpaired) electrons. The predicted octanol–water partition coefficient (Wildman–Crippen LogP) is 0.429. The number of carbonyl (C=O) groups is 2. The van der Waals surface area contributed by atoms with E-state index < -0.39 is 34.8 Å². The number of aromatic amines is 1. The molecule has 0 spiro atoms. The first-order chi connectivity index (χ1) is 12.8. The van der Waals surface area contributed by atoms with Gasteiger partial charge in [0.15, 0.2) is 5.69 Å². The minimum absolute atomic E-state index is 0.0120. The van der Waals surface area contributed by atoms with Crippen LogP contribution in [0.25, 0.3) is 0 Å². The Kier molecular flexibility index (Phi) is 5.04. The van der Waals surface area contributed by atoms with Crippen molar-refractivity contribution in [1.29, 1.82) is 0 Å². The van der Waals surface area contributed by atoms with Crippen molar-refractivity contribution in [2.45, 2.75) is 18.9 Å². The Morgan fingerprint density at radius 2 is 2.19 bits per heavy atom. The standard InChI is InChI=1S/C18H18FN3O5/c19-12-3-1-2-11(8-12)9-18(17(26)27)10-22(7-4-13(18)23)16(25)14-15(24)21-6-5-20-14/h1-3,5-6,8,13,23H,4,7,9-10H2,(H,21,24)(H,26,27)/t13-,18-/m1/s1. The minimum Gasteiger partial charge on any atom is -0.481 e. The van der Waals surface area contributed by atoms with Gasteiger partial charge in [0.05, 0.1) is 6.10 Å². The summed E-state index contributed by atoms with van der Waals surface area (Å²) in [5.41, 5.74) is -2.36. The molecule has 9 heteroatoms. The average molecular weight is 375 g/mol. The van der Waals surface area contributed by atoms with Crippen LogP contribution in [0.1, 0.15) is 22.5 Å². The van der Waals surface area contributed by atoms with E-state index in [1.165, 1.54) is 35.5 Å². The fraction of sp³-hybridized carbons (Fsp3) is 0.333. The fourth-order valence-electron chi connectivity index (χ4n) is 3.38. The first-order valence-electron chi connectivity index (χ1n) is 8.32. The number of nitrogens with zero attached hydrogens (tertiary/aromatic N) is 2. The summed E-state index contributed by atoms with van der Waals surface area (Å²) in [4.78, 5) is 43.8. The van der Waals surface area contributed by atoms with Gasteiger partial charge in [-0.25, -0.2) is 9.37 Å². The summed E-state index contributed by atoms with van der Waals surface area (Å²) in [5.74, 6) is -2.54. The molecule has 2 heterocycles. The SMILES string of the molecule is O=C(c1ncc[nH]c1=O)N1CC[C@@H](O)[C@](Cc2cccc(F)c2)(C(=O)O)C1. The minimum atomic E-state index is -1.72. The molecule has 27 heavy (non-hydrogen) atoms. The van der Waals surface area contributed by atoms with E-state index in [1.807, 2.05) is 0 Å². The summed E-state index contributed by atoms with van der Waals surface area (Å²) in [6.45, 7) is -0.247. The number of aliphatic hydroxyl groups excluding tert-OH is 1. The van der Waals surface area contributed by atoms with Crippen LogP contribution < -0.4 is 5.56 Å². The molecule has 1 saturated heterocycles. The van der Waals surface area contributed by atoms with Crippen LogP contribution in [0.2, 0.25) is 0 Å². The van der Waals surface area contributed by atoms with Crippen LogP contribution in [0.5, 0.6) is 0 Å². The molecule has 0 bridgehead atoms. The largest absolute Gasteiger partial charge is 0.481 e. The number of hydrogen-bond acceptors (Lipinski definition) is 5. The second-order valence-corrected chi connectivity index (χ2v) is 6.57. The van der Waals surface area contributed by atoms with Gasteiger partial charge in [0.25, 0.3) is 11.5 Å². The van der Waals surface area contributed by atoms with Crippen LogP contribution in [-0.4, -0.2) is 56.2 Å². The van der Waals surface area contributed by atoms with Crippen molar-refractivity contribution in [2.75, 3.05) is 13.1 Å². The van der Waals surface area contributed by atoms with Gasteiger partial charge >= 0.3 is 5.97 Å². The third-order valence-corrected chi connectivity index (χ3v) is 4.82. The molecule has 1 aromatic heterocycles. The van der Waals surface area contributed by atoms with E-state index in [2.05, 4.69) is 9.97 Å². The zero-order chi connectivity index (χ0) is 19.6. The summed E-state index contributed by atoms with van der Waals surface area (Å²) in [5, 5.41) is 20.3. The lowest BCUT2D eigenvalue weighted by atomic mass is 9.72. The van der Waals surface area contributed by atoms with E-state index >= 15 is 0 Å². The molecule has 2 aromatic rings. The van der Waals surface area contributed by atoms with E-state index in [1.54, 1.807) is 6.07 Å². The zero-order valence-corrected chi connectivity index (χ0v) is 14.3. The Balaban J connectivity index is 1.93. The van der Waals surface area contributed by atoms with Crippen molar-refractivity contribution in [2.24, 2.45) is 5.41 Å². The van der Waals surface area contributed by atoms with Gasteiger partial charge in [-0.05, 0) is 30.5 Å². The summed E-state index contributed by atoms with van der Waals surface area (Å²) < 4.78 is 13.5. The highest BCUT2D eigenvalue weighted by atomic mass is 19.1. The van der Waals surface area contributed by atoms with Crippen molar-refractivity contribution < 1.29 is 24.2 Å². The molecule has 1 aliphatic heterocycles. The lowest BCUT2D eigenvalue weighted by Gasteiger charge is -2.43. The van der Waals surface area contributed by atoms with E-state index in [0.29, 0.717) is 5.56 Å². The van der Waals surface area contributed by atoms with Crippen molar-refractivity contribution in [3.05, 3.63) is 64.1 Å². The molecular formula is C18H18FN3O5. The lowest BCUT2D eigenvalue weighted by molar-refractivity contribution is -0.161. The molecule has 2 atom stereocenters. The van der Waals surface area contributed by atoms with Crippen molar-refractivity contribution in [3.8, 4) is 0 Å². The molecule has 0 aliphatic carbocycles. The monoisotopic (exact) mass is 375 g/mol. The number of hydrogen-bond donors (Lipinski definition) is 3. The number of halogens is 1. The van der Waals surface area contributed by atoms with Gasteiger partial charge in [-0.1, -0.05) is 12.1 Å². The molecule has 3 N–H and O–H groups in total. The van der Waals surface area contributed by atoms with Crippen molar-refractivity contribution in [1.82, 2.24) is 14.9 Å². The molecule has 1 aromatic carbocycles. The van der Waals surface area contributed by atoms with Crippen LogP contribution in [0.15, 0.2) is 41.5 Å². The van der Waals surface area contributed by atoms with Crippen LogP contribution in [0.4, 0.5) is 4.39 Å². The molecule has 1 amide bonds. The number of carboxylic acids is 1. The second-order valence-electron chi connectivity index (χ2n) is 6.57. The number of rotatable bonds is 4. The third kappa shape index (κ3) is 3.59. The van der Waals surface area contributed by atoms with E-state index in [4.69, 9.17) is 0 Å². The number of aliphatic hydroxyl groups is 1.